The van der Waals surface area contributed by atoms with Crippen molar-refractivity contribution in [2.24, 2.45) is 0 Å². The molecule has 0 bridgehead atoms. The van der Waals surface area contributed by atoms with E-state index in [-0.39, 0.29) is 12.3 Å². The summed E-state index contributed by atoms with van der Waals surface area (Å²) in [6, 6.07) is 8.09. The van der Waals surface area contributed by atoms with Crippen LogP contribution in [0.5, 0.6) is 0 Å². The van der Waals surface area contributed by atoms with Gasteiger partial charge in [0.1, 0.15) is 0 Å². The molecule has 2 rings (SSSR count). The summed E-state index contributed by atoms with van der Waals surface area (Å²) in [5.74, 6) is -0.228. The molecule has 3 nitrogen and oxygen atoms in total. The van der Waals surface area contributed by atoms with Crippen molar-refractivity contribution in [1.82, 2.24) is 0 Å². The van der Waals surface area contributed by atoms with E-state index in [1.807, 2.05) is 25.1 Å². The molecule has 0 amide bonds. The van der Waals surface area contributed by atoms with E-state index in [4.69, 9.17) is 9.84 Å². The molecule has 1 fully saturated rings. The van der Waals surface area contributed by atoms with Gasteiger partial charge in [-0.15, -0.1) is 0 Å². The molecule has 1 aromatic rings. The van der Waals surface area contributed by atoms with Crippen molar-refractivity contribution in [3.05, 3.63) is 35.4 Å². The molecule has 1 saturated heterocycles. The Morgan fingerprint density at radius 2 is 2.19 bits per heavy atom. The molecule has 0 aromatic heterocycles. The van der Waals surface area contributed by atoms with E-state index < -0.39 is 5.97 Å². The number of ether oxygens (including phenoxy) is 1. The average molecular weight is 220 g/mol. The second-order valence-corrected chi connectivity index (χ2v) is 4.36. The zero-order valence-electron chi connectivity index (χ0n) is 9.35. The van der Waals surface area contributed by atoms with Gasteiger partial charge in [-0.05, 0) is 17.0 Å². The highest BCUT2D eigenvalue weighted by Crippen LogP contribution is 2.32. The van der Waals surface area contributed by atoms with Crippen LogP contribution >= 0.6 is 0 Å². The maximum absolute atomic E-state index is 10.7. The fourth-order valence-electron chi connectivity index (χ4n) is 2.12. The highest BCUT2D eigenvalue weighted by atomic mass is 16.5. The summed E-state index contributed by atoms with van der Waals surface area (Å²) < 4.78 is 5.19. The first-order valence-electron chi connectivity index (χ1n) is 5.57. The molecule has 1 aliphatic rings. The maximum atomic E-state index is 10.7. The molecule has 1 aliphatic heterocycles. The van der Waals surface area contributed by atoms with Gasteiger partial charge < -0.3 is 9.84 Å². The monoisotopic (exact) mass is 220 g/mol. The molecule has 0 saturated carbocycles. The standard InChI is InChI=1S/C13H16O3/c1-9(6-13(14)15)11-4-2-3-5-12(11)10-7-16-8-10/h2-5,9-10H,6-8H2,1H3,(H,14,15). The van der Waals surface area contributed by atoms with Crippen molar-refractivity contribution in [2.75, 3.05) is 13.2 Å². The predicted octanol–water partition coefficient (Wildman–Crippen LogP) is 2.38. The zero-order chi connectivity index (χ0) is 11.5. The molecular formula is C13H16O3. The van der Waals surface area contributed by atoms with E-state index >= 15 is 0 Å². The first kappa shape index (κ1) is 11.1. The summed E-state index contributed by atoms with van der Waals surface area (Å²) >= 11 is 0. The fourth-order valence-corrected chi connectivity index (χ4v) is 2.12. The second kappa shape index (κ2) is 4.66. The number of carbonyl (C=O) groups is 1. The van der Waals surface area contributed by atoms with E-state index in [9.17, 15) is 4.79 Å². The Kier molecular flexibility index (Phi) is 3.25. The summed E-state index contributed by atoms with van der Waals surface area (Å²) in [5.41, 5.74) is 2.40. The van der Waals surface area contributed by atoms with Crippen molar-refractivity contribution in [2.45, 2.75) is 25.2 Å². The lowest BCUT2D eigenvalue weighted by molar-refractivity contribution is -0.137. The lowest BCUT2D eigenvalue weighted by Gasteiger charge is -2.29. The third-order valence-corrected chi connectivity index (χ3v) is 3.09. The van der Waals surface area contributed by atoms with Gasteiger partial charge in [-0.3, -0.25) is 4.79 Å². The molecule has 0 aliphatic carbocycles. The topological polar surface area (TPSA) is 46.5 Å². The Labute approximate surface area is 95.0 Å². The largest absolute Gasteiger partial charge is 0.481 e. The van der Waals surface area contributed by atoms with Crippen molar-refractivity contribution < 1.29 is 14.6 Å². The third-order valence-electron chi connectivity index (χ3n) is 3.09. The van der Waals surface area contributed by atoms with E-state index in [0.29, 0.717) is 5.92 Å². The van der Waals surface area contributed by atoms with Crippen LogP contribution in [0.4, 0.5) is 0 Å². The fraction of sp³-hybridized carbons (Fsp3) is 0.462. The maximum Gasteiger partial charge on any atom is 0.303 e. The quantitative estimate of drug-likeness (QED) is 0.847. The first-order valence-corrected chi connectivity index (χ1v) is 5.57. The smallest absolute Gasteiger partial charge is 0.303 e. The van der Waals surface area contributed by atoms with Gasteiger partial charge >= 0.3 is 5.97 Å². The minimum Gasteiger partial charge on any atom is -0.481 e. The summed E-state index contributed by atoms with van der Waals surface area (Å²) in [6.45, 7) is 3.49. The number of rotatable bonds is 4. The van der Waals surface area contributed by atoms with E-state index in [2.05, 4.69) is 6.07 Å². The van der Waals surface area contributed by atoms with Crippen LogP contribution in [-0.4, -0.2) is 24.3 Å². The number of carboxylic acids is 1. The normalized spacial score (nSPS) is 17.8. The van der Waals surface area contributed by atoms with E-state index in [0.717, 1.165) is 18.8 Å². The van der Waals surface area contributed by atoms with Gasteiger partial charge in [-0.2, -0.15) is 0 Å². The van der Waals surface area contributed by atoms with Crippen molar-refractivity contribution >= 4 is 5.97 Å². The van der Waals surface area contributed by atoms with Crippen LogP contribution in [0.3, 0.4) is 0 Å². The Hall–Kier alpha value is -1.35. The van der Waals surface area contributed by atoms with E-state index in [1.54, 1.807) is 0 Å². The van der Waals surface area contributed by atoms with Crippen LogP contribution in [0.25, 0.3) is 0 Å². The molecule has 86 valence electrons. The minimum absolute atomic E-state index is 0.0642. The van der Waals surface area contributed by atoms with Crippen molar-refractivity contribution in [1.29, 1.82) is 0 Å². The minimum atomic E-state index is -0.743. The van der Waals surface area contributed by atoms with Gasteiger partial charge in [0, 0.05) is 5.92 Å². The molecule has 16 heavy (non-hydrogen) atoms. The van der Waals surface area contributed by atoms with Gasteiger partial charge in [0.05, 0.1) is 19.6 Å². The first-order chi connectivity index (χ1) is 7.68. The van der Waals surface area contributed by atoms with Crippen LogP contribution in [0, 0.1) is 0 Å². The molecule has 0 radical (unpaired) electrons. The molecule has 1 aromatic carbocycles. The van der Waals surface area contributed by atoms with Crippen molar-refractivity contribution in [3.63, 3.8) is 0 Å². The van der Waals surface area contributed by atoms with Gasteiger partial charge in [0.2, 0.25) is 0 Å². The van der Waals surface area contributed by atoms with Gasteiger partial charge in [0.25, 0.3) is 0 Å². The lowest BCUT2D eigenvalue weighted by Crippen LogP contribution is -2.26. The van der Waals surface area contributed by atoms with Crippen LogP contribution in [0.15, 0.2) is 24.3 Å². The Morgan fingerprint density at radius 3 is 2.75 bits per heavy atom. The molecule has 3 heteroatoms. The molecule has 1 atom stereocenters. The van der Waals surface area contributed by atoms with Crippen molar-refractivity contribution in [3.8, 4) is 0 Å². The van der Waals surface area contributed by atoms with Gasteiger partial charge in [-0.25, -0.2) is 0 Å². The Bertz CT molecular complexity index is 383. The zero-order valence-corrected chi connectivity index (χ0v) is 9.35. The molecule has 1 heterocycles. The predicted molar refractivity (Wildman–Crippen MR) is 60.7 cm³/mol. The summed E-state index contributed by atoms with van der Waals surface area (Å²) in [4.78, 5) is 10.7. The number of hydrogen-bond acceptors (Lipinski definition) is 2. The van der Waals surface area contributed by atoms with Gasteiger partial charge in [0.15, 0.2) is 0 Å². The molecule has 0 spiro atoms. The lowest BCUT2D eigenvalue weighted by atomic mass is 9.86. The summed E-state index contributed by atoms with van der Waals surface area (Å²) in [6.07, 6.45) is 0.185. The molecule has 1 N–H and O–H groups in total. The summed E-state index contributed by atoms with van der Waals surface area (Å²) in [5, 5.41) is 8.82. The highest BCUT2D eigenvalue weighted by molar-refractivity contribution is 5.68. The van der Waals surface area contributed by atoms with Gasteiger partial charge in [-0.1, -0.05) is 31.2 Å². The van der Waals surface area contributed by atoms with E-state index in [1.165, 1.54) is 5.56 Å². The average Bonchev–Trinajstić information content (AvgIpc) is 2.14. The highest BCUT2D eigenvalue weighted by Gasteiger charge is 2.24. The van der Waals surface area contributed by atoms with Crippen LogP contribution in [-0.2, 0) is 9.53 Å². The van der Waals surface area contributed by atoms with Crippen LogP contribution in [0.1, 0.15) is 36.3 Å². The SMILES string of the molecule is CC(CC(=O)O)c1ccccc1C1COC1. The summed E-state index contributed by atoms with van der Waals surface area (Å²) in [7, 11) is 0. The van der Waals surface area contributed by atoms with Crippen LogP contribution in [0.2, 0.25) is 0 Å². The number of hydrogen-bond donors (Lipinski definition) is 1. The molecular weight excluding hydrogens is 204 g/mol. The Balaban J connectivity index is 2.21. The number of aliphatic carboxylic acids is 1. The third kappa shape index (κ3) is 2.25. The number of benzene rings is 1. The molecule has 1 unspecified atom stereocenters. The van der Waals surface area contributed by atoms with Crippen LogP contribution < -0.4 is 0 Å². The number of carboxylic acid groups (broad SMARTS) is 1. The second-order valence-electron chi connectivity index (χ2n) is 4.36. The Morgan fingerprint density at radius 1 is 1.50 bits per heavy atom.